The first kappa shape index (κ1) is 13.3. The summed E-state index contributed by atoms with van der Waals surface area (Å²) in [5.74, 6) is -0.0864. The third kappa shape index (κ3) is 2.65. The third-order valence-corrected chi connectivity index (χ3v) is 3.55. The van der Waals surface area contributed by atoms with Crippen molar-refractivity contribution >= 4 is 11.6 Å². The first-order chi connectivity index (χ1) is 9.00. The van der Waals surface area contributed by atoms with Crippen molar-refractivity contribution in [3.8, 4) is 0 Å². The van der Waals surface area contributed by atoms with Crippen LogP contribution in [-0.2, 0) is 0 Å². The lowest BCUT2D eigenvalue weighted by atomic mass is 10.1. The van der Waals surface area contributed by atoms with Gasteiger partial charge in [-0.2, -0.15) is 0 Å². The molecule has 1 aromatic carbocycles. The maximum Gasteiger partial charge on any atom is 0.256 e. The van der Waals surface area contributed by atoms with Gasteiger partial charge in [0.05, 0.1) is 0 Å². The van der Waals surface area contributed by atoms with Gasteiger partial charge in [0, 0.05) is 23.1 Å². The summed E-state index contributed by atoms with van der Waals surface area (Å²) in [7, 11) is 0. The first-order valence-corrected chi connectivity index (χ1v) is 6.30. The number of anilines is 1. The van der Waals surface area contributed by atoms with E-state index >= 15 is 0 Å². The zero-order valence-electron chi connectivity index (χ0n) is 11.7. The number of aryl methyl sites for hydroxylation is 2. The maximum absolute atomic E-state index is 12.3. The van der Waals surface area contributed by atoms with E-state index < -0.39 is 0 Å². The van der Waals surface area contributed by atoms with Gasteiger partial charge in [0.25, 0.3) is 5.91 Å². The van der Waals surface area contributed by atoms with Crippen molar-refractivity contribution < 1.29 is 4.79 Å². The second-order valence-corrected chi connectivity index (χ2v) is 4.77. The molecule has 0 radical (unpaired) electrons. The van der Waals surface area contributed by atoms with Gasteiger partial charge in [-0.1, -0.05) is 12.1 Å². The van der Waals surface area contributed by atoms with Crippen LogP contribution in [0.25, 0.3) is 0 Å². The van der Waals surface area contributed by atoms with E-state index in [1.807, 2.05) is 45.9 Å². The van der Waals surface area contributed by atoms with Crippen molar-refractivity contribution in [2.24, 2.45) is 0 Å². The van der Waals surface area contributed by atoms with Gasteiger partial charge in [-0.3, -0.25) is 9.78 Å². The highest BCUT2D eigenvalue weighted by Gasteiger charge is 2.12. The Hall–Kier alpha value is -2.16. The van der Waals surface area contributed by atoms with Crippen LogP contribution in [0.1, 0.15) is 32.7 Å². The Balaban J connectivity index is 2.31. The Morgan fingerprint density at radius 1 is 1.05 bits per heavy atom. The molecule has 0 saturated heterocycles. The molecule has 3 nitrogen and oxygen atoms in total. The smallest absolute Gasteiger partial charge is 0.256 e. The van der Waals surface area contributed by atoms with Crippen LogP contribution in [-0.4, -0.2) is 10.9 Å². The Morgan fingerprint density at radius 3 is 2.53 bits per heavy atom. The predicted octanol–water partition coefficient (Wildman–Crippen LogP) is 3.57. The Labute approximate surface area is 113 Å². The van der Waals surface area contributed by atoms with E-state index in [1.54, 1.807) is 12.3 Å². The fourth-order valence-electron chi connectivity index (χ4n) is 1.96. The summed E-state index contributed by atoms with van der Waals surface area (Å²) in [6.45, 7) is 7.87. The molecule has 0 saturated carbocycles. The number of carbonyl (C=O) groups is 1. The molecule has 0 aliphatic carbocycles. The van der Waals surface area contributed by atoms with Gasteiger partial charge in [-0.25, -0.2) is 0 Å². The summed E-state index contributed by atoms with van der Waals surface area (Å²) in [6, 6.07) is 7.65. The lowest BCUT2D eigenvalue weighted by Gasteiger charge is -2.12. The van der Waals surface area contributed by atoms with Crippen LogP contribution >= 0.6 is 0 Å². The van der Waals surface area contributed by atoms with E-state index in [2.05, 4.69) is 10.3 Å². The second-order valence-electron chi connectivity index (χ2n) is 4.77. The number of hydrogen-bond donors (Lipinski definition) is 1. The summed E-state index contributed by atoms with van der Waals surface area (Å²) >= 11 is 0. The summed E-state index contributed by atoms with van der Waals surface area (Å²) in [5, 5.41) is 2.97. The van der Waals surface area contributed by atoms with E-state index in [4.69, 9.17) is 0 Å². The highest BCUT2D eigenvalue weighted by molar-refractivity contribution is 6.05. The van der Waals surface area contributed by atoms with E-state index in [1.165, 1.54) is 5.56 Å². The molecule has 2 rings (SSSR count). The second kappa shape index (κ2) is 5.22. The Bertz CT molecular complexity index is 633. The molecule has 0 aliphatic rings. The molecule has 98 valence electrons. The van der Waals surface area contributed by atoms with Crippen molar-refractivity contribution in [2.75, 3.05) is 5.32 Å². The largest absolute Gasteiger partial charge is 0.322 e. The van der Waals surface area contributed by atoms with Gasteiger partial charge in [-0.15, -0.1) is 0 Å². The number of rotatable bonds is 2. The molecule has 1 aromatic heterocycles. The minimum Gasteiger partial charge on any atom is -0.322 e. The summed E-state index contributed by atoms with van der Waals surface area (Å²) in [6.07, 6.45) is 1.67. The predicted molar refractivity (Wildman–Crippen MR) is 77.6 cm³/mol. The number of benzene rings is 1. The lowest BCUT2D eigenvalue weighted by Crippen LogP contribution is -2.15. The van der Waals surface area contributed by atoms with Crippen molar-refractivity contribution in [3.05, 3.63) is 58.4 Å². The van der Waals surface area contributed by atoms with Gasteiger partial charge in [-0.05, 0) is 56.5 Å². The number of pyridine rings is 1. The van der Waals surface area contributed by atoms with Crippen LogP contribution in [0.5, 0.6) is 0 Å². The van der Waals surface area contributed by atoms with Crippen molar-refractivity contribution in [1.82, 2.24) is 4.98 Å². The SMILES string of the molecule is Cc1cccc(NC(=O)c2ccnc(C)c2C)c1C. The number of nitrogens with zero attached hydrogens (tertiary/aromatic N) is 1. The zero-order valence-corrected chi connectivity index (χ0v) is 11.7. The van der Waals surface area contributed by atoms with Crippen LogP contribution in [0.2, 0.25) is 0 Å². The molecular weight excluding hydrogens is 236 g/mol. The monoisotopic (exact) mass is 254 g/mol. The average molecular weight is 254 g/mol. The molecular formula is C16H18N2O. The molecule has 1 N–H and O–H groups in total. The lowest BCUT2D eigenvalue weighted by molar-refractivity contribution is 0.102. The molecule has 19 heavy (non-hydrogen) atoms. The van der Waals surface area contributed by atoms with E-state index in [9.17, 15) is 4.79 Å². The van der Waals surface area contributed by atoms with Crippen molar-refractivity contribution in [2.45, 2.75) is 27.7 Å². The molecule has 0 fully saturated rings. The van der Waals surface area contributed by atoms with Crippen LogP contribution < -0.4 is 5.32 Å². The molecule has 1 heterocycles. The normalized spacial score (nSPS) is 10.3. The number of amides is 1. The van der Waals surface area contributed by atoms with Gasteiger partial charge in [0.1, 0.15) is 0 Å². The highest BCUT2D eigenvalue weighted by Crippen LogP contribution is 2.19. The molecule has 0 atom stereocenters. The highest BCUT2D eigenvalue weighted by atomic mass is 16.1. The topological polar surface area (TPSA) is 42.0 Å². The maximum atomic E-state index is 12.3. The number of nitrogens with one attached hydrogen (secondary N) is 1. The molecule has 0 spiro atoms. The number of hydrogen-bond acceptors (Lipinski definition) is 2. The number of aromatic nitrogens is 1. The molecule has 2 aromatic rings. The Morgan fingerprint density at radius 2 is 1.79 bits per heavy atom. The van der Waals surface area contributed by atoms with Crippen LogP contribution in [0, 0.1) is 27.7 Å². The molecule has 0 unspecified atom stereocenters. The molecule has 0 aliphatic heterocycles. The third-order valence-electron chi connectivity index (χ3n) is 3.55. The fourth-order valence-corrected chi connectivity index (χ4v) is 1.96. The van der Waals surface area contributed by atoms with Crippen LogP contribution in [0.4, 0.5) is 5.69 Å². The minimum absolute atomic E-state index is 0.0864. The van der Waals surface area contributed by atoms with E-state index in [0.717, 1.165) is 22.5 Å². The summed E-state index contributed by atoms with van der Waals surface area (Å²) in [4.78, 5) is 16.5. The molecule has 1 amide bonds. The Kier molecular flexibility index (Phi) is 3.65. The minimum atomic E-state index is -0.0864. The standard InChI is InChI=1S/C16H18N2O/c1-10-6-5-7-15(11(10)2)18-16(19)14-8-9-17-13(4)12(14)3/h5-9H,1-4H3,(H,18,19). The van der Waals surface area contributed by atoms with Crippen molar-refractivity contribution in [1.29, 1.82) is 0 Å². The van der Waals surface area contributed by atoms with E-state index in [-0.39, 0.29) is 5.91 Å². The first-order valence-electron chi connectivity index (χ1n) is 6.30. The van der Waals surface area contributed by atoms with Crippen LogP contribution in [0.15, 0.2) is 30.5 Å². The van der Waals surface area contributed by atoms with Crippen LogP contribution in [0.3, 0.4) is 0 Å². The van der Waals surface area contributed by atoms with Gasteiger partial charge in [0.2, 0.25) is 0 Å². The summed E-state index contributed by atoms with van der Waals surface area (Å²) < 4.78 is 0. The summed E-state index contributed by atoms with van der Waals surface area (Å²) in [5.41, 5.74) is 5.60. The van der Waals surface area contributed by atoms with E-state index in [0.29, 0.717) is 5.56 Å². The van der Waals surface area contributed by atoms with Gasteiger partial charge >= 0.3 is 0 Å². The zero-order chi connectivity index (χ0) is 14.0. The van der Waals surface area contributed by atoms with Gasteiger partial charge in [0.15, 0.2) is 0 Å². The number of carbonyl (C=O) groups excluding carboxylic acids is 1. The van der Waals surface area contributed by atoms with Gasteiger partial charge < -0.3 is 5.32 Å². The quantitative estimate of drug-likeness (QED) is 0.890. The fraction of sp³-hybridized carbons (Fsp3) is 0.250. The average Bonchev–Trinajstić information content (AvgIpc) is 2.38. The molecule has 3 heteroatoms. The van der Waals surface area contributed by atoms with Crippen molar-refractivity contribution in [3.63, 3.8) is 0 Å². The molecule has 0 bridgehead atoms.